The lowest BCUT2D eigenvalue weighted by molar-refractivity contribution is 0.101. The van der Waals surface area contributed by atoms with Gasteiger partial charge in [0.15, 0.2) is 5.78 Å². The van der Waals surface area contributed by atoms with Gasteiger partial charge in [-0.25, -0.2) is 4.39 Å². The Morgan fingerprint density at radius 2 is 1.59 bits per heavy atom. The van der Waals surface area contributed by atoms with Crippen molar-refractivity contribution in [3.05, 3.63) is 94.8 Å². The number of ketones is 1. The van der Waals surface area contributed by atoms with Crippen molar-refractivity contribution in [3.63, 3.8) is 0 Å². The van der Waals surface area contributed by atoms with Crippen molar-refractivity contribution in [2.45, 2.75) is 4.90 Å². The Morgan fingerprint density at radius 1 is 0.926 bits per heavy atom. The van der Waals surface area contributed by atoms with E-state index in [0.29, 0.717) is 21.8 Å². The number of hydrogen-bond acceptors (Lipinski definition) is 3. The summed E-state index contributed by atoms with van der Waals surface area (Å²) in [7, 11) is 0. The molecule has 0 unspecified atom stereocenters. The molecule has 1 amide bonds. The molecule has 0 saturated carbocycles. The Hall–Kier alpha value is -2.63. The van der Waals surface area contributed by atoms with Gasteiger partial charge in [0.25, 0.3) is 5.91 Å². The van der Waals surface area contributed by atoms with Gasteiger partial charge in [0, 0.05) is 26.7 Å². The van der Waals surface area contributed by atoms with Gasteiger partial charge in [-0.05, 0) is 66.7 Å². The van der Waals surface area contributed by atoms with Crippen LogP contribution < -0.4 is 5.32 Å². The van der Waals surface area contributed by atoms with Crippen molar-refractivity contribution in [3.8, 4) is 0 Å². The largest absolute Gasteiger partial charge is 0.322 e. The first kappa shape index (κ1) is 19.1. The van der Waals surface area contributed by atoms with Crippen LogP contribution >= 0.6 is 23.4 Å². The van der Waals surface area contributed by atoms with E-state index in [0.717, 1.165) is 4.90 Å². The molecule has 0 spiro atoms. The number of carbonyl (C=O) groups is 2. The van der Waals surface area contributed by atoms with Crippen LogP contribution in [-0.4, -0.2) is 17.4 Å². The topological polar surface area (TPSA) is 46.2 Å². The number of hydrogen-bond donors (Lipinski definition) is 1. The van der Waals surface area contributed by atoms with Crippen molar-refractivity contribution in [1.82, 2.24) is 0 Å². The zero-order valence-electron chi connectivity index (χ0n) is 14.1. The van der Waals surface area contributed by atoms with Gasteiger partial charge >= 0.3 is 0 Å². The summed E-state index contributed by atoms with van der Waals surface area (Å²) in [5.74, 6) is -0.445. The van der Waals surface area contributed by atoms with E-state index in [4.69, 9.17) is 11.6 Å². The van der Waals surface area contributed by atoms with E-state index in [1.807, 2.05) is 6.07 Å². The van der Waals surface area contributed by atoms with Crippen LogP contribution in [0.25, 0.3) is 0 Å². The second kappa shape index (κ2) is 8.84. The third-order valence-corrected chi connectivity index (χ3v) is 4.98. The predicted molar refractivity (Wildman–Crippen MR) is 107 cm³/mol. The number of carbonyl (C=O) groups excluding carboxylic acids is 2. The van der Waals surface area contributed by atoms with Crippen molar-refractivity contribution in [2.24, 2.45) is 0 Å². The lowest BCUT2D eigenvalue weighted by atomic mass is 10.1. The number of halogens is 2. The minimum Gasteiger partial charge on any atom is -0.322 e. The smallest absolute Gasteiger partial charge is 0.255 e. The summed E-state index contributed by atoms with van der Waals surface area (Å²) in [6.07, 6.45) is 0. The average Bonchev–Trinajstić information content (AvgIpc) is 2.67. The van der Waals surface area contributed by atoms with E-state index < -0.39 is 5.82 Å². The third-order valence-electron chi connectivity index (χ3n) is 3.73. The summed E-state index contributed by atoms with van der Waals surface area (Å²) in [6.45, 7) is 0. The highest BCUT2D eigenvalue weighted by Gasteiger charge is 2.09. The van der Waals surface area contributed by atoms with Gasteiger partial charge in [-0.1, -0.05) is 17.7 Å². The molecule has 0 aliphatic rings. The summed E-state index contributed by atoms with van der Waals surface area (Å²) >= 11 is 7.21. The highest BCUT2D eigenvalue weighted by molar-refractivity contribution is 8.00. The van der Waals surface area contributed by atoms with Crippen LogP contribution in [0.3, 0.4) is 0 Å². The van der Waals surface area contributed by atoms with E-state index in [1.54, 1.807) is 42.5 Å². The van der Waals surface area contributed by atoms with Crippen molar-refractivity contribution in [1.29, 1.82) is 0 Å². The quantitative estimate of drug-likeness (QED) is 0.426. The SMILES string of the molecule is O=C(CSc1cccc(NC(=O)c2ccc(F)cc2)c1)c1ccc(Cl)cc1. The molecule has 1 N–H and O–H groups in total. The van der Waals surface area contributed by atoms with Crippen molar-refractivity contribution >= 4 is 40.7 Å². The summed E-state index contributed by atoms with van der Waals surface area (Å²) in [4.78, 5) is 25.3. The van der Waals surface area contributed by atoms with Crippen LogP contribution in [0.2, 0.25) is 5.02 Å². The van der Waals surface area contributed by atoms with Gasteiger partial charge in [0.05, 0.1) is 5.75 Å². The summed E-state index contributed by atoms with van der Waals surface area (Å²) in [5.41, 5.74) is 1.58. The predicted octanol–water partition coefficient (Wildman–Crippen LogP) is 5.71. The number of benzene rings is 3. The first-order valence-electron chi connectivity index (χ1n) is 8.10. The van der Waals surface area contributed by atoms with Crippen molar-refractivity contribution < 1.29 is 14.0 Å². The first-order chi connectivity index (χ1) is 13.0. The number of Topliss-reactive ketones (excluding diaryl/α,β-unsaturated/α-hetero) is 1. The Labute approximate surface area is 165 Å². The maximum atomic E-state index is 13.0. The maximum Gasteiger partial charge on any atom is 0.255 e. The van der Waals surface area contributed by atoms with Crippen LogP contribution in [0.4, 0.5) is 10.1 Å². The molecule has 0 saturated heterocycles. The molecule has 0 radical (unpaired) electrons. The lowest BCUT2D eigenvalue weighted by Gasteiger charge is -2.08. The van der Waals surface area contributed by atoms with Crippen molar-refractivity contribution in [2.75, 3.05) is 11.1 Å². The van der Waals surface area contributed by atoms with E-state index in [1.165, 1.54) is 36.0 Å². The fraction of sp³-hybridized carbons (Fsp3) is 0.0476. The standard InChI is InChI=1S/C21H15ClFNO2S/c22-16-8-4-14(5-9-16)20(25)13-27-19-3-1-2-18(12-19)24-21(26)15-6-10-17(23)11-7-15/h1-12H,13H2,(H,24,26). The molecular formula is C21H15ClFNO2S. The molecular weight excluding hydrogens is 385 g/mol. The zero-order chi connectivity index (χ0) is 19.2. The molecule has 3 aromatic rings. The van der Waals surface area contributed by atoms with E-state index in [2.05, 4.69) is 5.32 Å². The zero-order valence-corrected chi connectivity index (χ0v) is 15.7. The molecule has 3 rings (SSSR count). The summed E-state index contributed by atoms with van der Waals surface area (Å²) < 4.78 is 13.0. The van der Waals surface area contributed by atoms with E-state index in [-0.39, 0.29) is 17.4 Å². The Bertz CT molecular complexity index is 959. The third kappa shape index (κ3) is 5.42. The molecule has 6 heteroatoms. The number of rotatable bonds is 6. The Morgan fingerprint density at radius 3 is 2.30 bits per heavy atom. The number of thioether (sulfide) groups is 1. The monoisotopic (exact) mass is 399 g/mol. The van der Waals surface area contributed by atoms with Gasteiger partial charge in [-0.2, -0.15) is 0 Å². The second-order valence-corrected chi connectivity index (χ2v) is 7.19. The Kier molecular flexibility index (Phi) is 6.27. The molecule has 3 aromatic carbocycles. The van der Waals surface area contributed by atoms with Gasteiger partial charge in [-0.3, -0.25) is 9.59 Å². The normalized spacial score (nSPS) is 10.4. The van der Waals surface area contributed by atoms with Gasteiger partial charge in [0.2, 0.25) is 0 Å². The first-order valence-corrected chi connectivity index (χ1v) is 9.46. The van der Waals surface area contributed by atoms with Crippen LogP contribution in [0.15, 0.2) is 77.7 Å². The minimum absolute atomic E-state index is 0.00239. The van der Waals surface area contributed by atoms with E-state index in [9.17, 15) is 14.0 Å². The minimum atomic E-state index is -0.393. The fourth-order valence-electron chi connectivity index (χ4n) is 2.34. The highest BCUT2D eigenvalue weighted by Crippen LogP contribution is 2.23. The number of anilines is 1. The lowest BCUT2D eigenvalue weighted by Crippen LogP contribution is -2.11. The summed E-state index contributed by atoms with van der Waals surface area (Å²) in [5, 5.41) is 3.36. The van der Waals surface area contributed by atoms with E-state index >= 15 is 0 Å². The molecule has 0 aliphatic heterocycles. The molecule has 0 aliphatic carbocycles. The Balaban J connectivity index is 1.61. The maximum absolute atomic E-state index is 13.0. The van der Waals surface area contributed by atoms with Crippen LogP contribution in [0, 0.1) is 5.82 Å². The molecule has 27 heavy (non-hydrogen) atoms. The second-order valence-electron chi connectivity index (χ2n) is 5.71. The average molecular weight is 400 g/mol. The van der Waals surface area contributed by atoms with Crippen LogP contribution in [-0.2, 0) is 0 Å². The fourth-order valence-corrected chi connectivity index (χ4v) is 3.31. The number of nitrogens with one attached hydrogen (secondary N) is 1. The molecule has 0 heterocycles. The summed E-state index contributed by atoms with van der Waals surface area (Å²) in [6, 6.07) is 19.3. The van der Waals surface area contributed by atoms with Crippen LogP contribution in [0.1, 0.15) is 20.7 Å². The molecule has 3 nitrogen and oxygen atoms in total. The van der Waals surface area contributed by atoms with Crippen LogP contribution in [0.5, 0.6) is 0 Å². The molecule has 0 aromatic heterocycles. The van der Waals surface area contributed by atoms with Gasteiger partial charge in [0.1, 0.15) is 5.82 Å². The number of amides is 1. The highest BCUT2D eigenvalue weighted by atomic mass is 35.5. The van der Waals surface area contributed by atoms with Gasteiger partial charge < -0.3 is 5.32 Å². The molecule has 136 valence electrons. The van der Waals surface area contributed by atoms with Gasteiger partial charge in [-0.15, -0.1) is 11.8 Å². The molecule has 0 fully saturated rings. The molecule has 0 atom stereocenters. The molecule has 0 bridgehead atoms.